The lowest BCUT2D eigenvalue weighted by molar-refractivity contribution is -0.144. The van der Waals surface area contributed by atoms with Gasteiger partial charge in [0.05, 0.1) is 11.6 Å². The normalized spacial score (nSPS) is 24.6. The van der Waals surface area contributed by atoms with Crippen molar-refractivity contribution >= 4 is 17.6 Å². The van der Waals surface area contributed by atoms with Crippen LogP contribution in [0.1, 0.15) is 31.0 Å². The predicted octanol–water partition coefficient (Wildman–Crippen LogP) is 2.07. The van der Waals surface area contributed by atoms with E-state index >= 15 is 0 Å². The molecule has 5 nitrogen and oxygen atoms in total. The molecule has 1 fully saturated rings. The minimum absolute atomic E-state index is 0.211. The van der Waals surface area contributed by atoms with E-state index in [1.54, 1.807) is 4.68 Å². The summed E-state index contributed by atoms with van der Waals surface area (Å²) in [4.78, 5) is 13.3. The second-order valence-electron chi connectivity index (χ2n) is 5.36. The van der Waals surface area contributed by atoms with Gasteiger partial charge in [0.25, 0.3) is 0 Å². The minimum atomic E-state index is -0.679. The van der Waals surface area contributed by atoms with Gasteiger partial charge in [0.2, 0.25) is 0 Å². The number of hydrogen-bond acceptors (Lipinski definition) is 3. The van der Waals surface area contributed by atoms with Crippen molar-refractivity contribution in [2.24, 2.45) is 13.0 Å². The summed E-state index contributed by atoms with van der Waals surface area (Å²) in [5.41, 5.74) is 1.99. The molecule has 106 valence electrons. The lowest BCUT2D eigenvalue weighted by Gasteiger charge is -2.36. The van der Waals surface area contributed by atoms with Gasteiger partial charge < -0.3 is 5.11 Å². The van der Waals surface area contributed by atoms with Crippen LogP contribution in [0.5, 0.6) is 0 Å². The Hall–Kier alpha value is -1.07. The van der Waals surface area contributed by atoms with Crippen LogP contribution in [0.2, 0.25) is 5.15 Å². The van der Waals surface area contributed by atoms with E-state index in [1.165, 1.54) is 0 Å². The number of carbonyl (C=O) groups is 1. The highest BCUT2D eigenvalue weighted by Crippen LogP contribution is 2.27. The first-order valence-corrected chi connectivity index (χ1v) is 6.92. The molecule has 0 aromatic carbocycles. The molecule has 0 spiro atoms. The molecular formula is C13H20ClN3O2. The number of halogens is 1. The second-order valence-corrected chi connectivity index (χ2v) is 5.72. The number of hydrogen-bond donors (Lipinski definition) is 1. The maximum absolute atomic E-state index is 11.0. The molecule has 2 heterocycles. The molecule has 0 amide bonds. The van der Waals surface area contributed by atoms with E-state index in [-0.39, 0.29) is 12.0 Å². The van der Waals surface area contributed by atoms with Gasteiger partial charge in [-0.3, -0.25) is 14.4 Å². The minimum Gasteiger partial charge on any atom is -0.481 e. The Balaban J connectivity index is 2.06. The largest absolute Gasteiger partial charge is 0.481 e. The van der Waals surface area contributed by atoms with E-state index in [4.69, 9.17) is 16.7 Å². The van der Waals surface area contributed by atoms with Crippen molar-refractivity contribution in [3.63, 3.8) is 0 Å². The lowest BCUT2D eigenvalue weighted by atomic mass is 9.91. The Kier molecular flexibility index (Phi) is 4.16. The standard InChI is InChI=1S/C13H20ClN3O2/c1-8-6-10(13(18)19)4-5-17(8)7-11-9(2)15-16(3)12(11)14/h8,10H,4-7H2,1-3H3,(H,18,19). The van der Waals surface area contributed by atoms with Gasteiger partial charge in [-0.1, -0.05) is 11.6 Å². The molecule has 0 radical (unpaired) electrons. The summed E-state index contributed by atoms with van der Waals surface area (Å²) >= 11 is 6.24. The Labute approximate surface area is 118 Å². The number of likely N-dealkylation sites (tertiary alicyclic amines) is 1. The van der Waals surface area contributed by atoms with Crippen LogP contribution < -0.4 is 0 Å². The fourth-order valence-corrected chi connectivity index (χ4v) is 2.97. The Morgan fingerprint density at radius 2 is 2.26 bits per heavy atom. The van der Waals surface area contributed by atoms with E-state index in [0.717, 1.165) is 24.3 Å². The maximum atomic E-state index is 11.0. The number of carboxylic acid groups (broad SMARTS) is 1. The van der Waals surface area contributed by atoms with Gasteiger partial charge >= 0.3 is 5.97 Å². The number of aryl methyl sites for hydroxylation is 2. The monoisotopic (exact) mass is 285 g/mol. The molecule has 1 N–H and O–H groups in total. The lowest BCUT2D eigenvalue weighted by Crippen LogP contribution is -2.42. The molecule has 0 saturated carbocycles. The zero-order chi connectivity index (χ0) is 14.2. The number of rotatable bonds is 3. The summed E-state index contributed by atoms with van der Waals surface area (Å²) in [6, 6.07) is 0.255. The molecule has 1 aliphatic heterocycles. The number of piperidine rings is 1. The highest BCUT2D eigenvalue weighted by Gasteiger charge is 2.30. The first-order chi connectivity index (χ1) is 8.90. The molecule has 0 bridgehead atoms. The van der Waals surface area contributed by atoms with Gasteiger partial charge in [-0.05, 0) is 33.2 Å². The Morgan fingerprint density at radius 3 is 2.74 bits per heavy atom. The molecule has 19 heavy (non-hydrogen) atoms. The summed E-state index contributed by atoms with van der Waals surface area (Å²) in [7, 11) is 1.83. The van der Waals surface area contributed by atoms with Crippen LogP contribution in [-0.2, 0) is 18.4 Å². The Bertz CT molecular complexity index is 486. The summed E-state index contributed by atoms with van der Waals surface area (Å²) in [5.74, 6) is -0.890. The van der Waals surface area contributed by atoms with E-state index in [2.05, 4.69) is 16.9 Å². The quantitative estimate of drug-likeness (QED) is 0.924. The molecule has 2 rings (SSSR count). The van der Waals surface area contributed by atoms with Crippen molar-refractivity contribution < 1.29 is 9.90 Å². The van der Waals surface area contributed by atoms with Crippen LogP contribution >= 0.6 is 11.6 Å². The summed E-state index contributed by atoms with van der Waals surface area (Å²) in [6.45, 7) is 5.57. The van der Waals surface area contributed by atoms with Crippen molar-refractivity contribution in [2.75, 3.05) is 6.54 Å². The van der Waals surface area contributed by atoms with Crippen molar-refractivity contribution in [2.45, 2.75) is 39.3 Å². The fourth-order valence-electron chi connectivity index (χ4n) is 2.74. The van der Waals surface area contributed by atoms with Crippen molar-refractivity contribution in [1.82, 2.24) is 14.7 Å². The molecule has 1 aliphatic rings. The van der Waals surface area contributed by atoms with Crippen molar-refractivity contribution in [1.29, 1.82) is 0 Å². The number of carboxylic acids is 1. The van der Waals surface area contributed by atoms with Crippen LogP contribution in [0.3, 0.4) is 0 Å². The molecule has 1 saturated heterocycles. The van der Waals surface area contributed by atoms with Gasteiger partial charge in [-0.25, -0.2) is 0 Å². The van der Waals surface area contributed by atoms with Crippen LogP contribution in [0.4, 0.5) is 0 Å². The van der Waals surface area contributed by atoms with Crippen molar-refractivity contribution in [3.8, 4) is 0 Å². The zero-order valence-electron chi connectivity index (χ0n) is 11.6. The molecule has 6 heteroatoms. The fraction of sp³-hybridized carbons (Fsp3) is 0.692. The number of aromatic nitrogens is 2. The topological polar surface area (TPSA) is 58.4 Å². The summed E-state index contributed by atoms with van der Waals surface area (Å²) in [6.07, 6.45) is 1.41. The second kappa shape index (κ2) is 5.51. The smallest absolute Gasteiger partial charge is 0.306 e. The number of aliphatic carboxylic acids is 1. The van der Waals surface area contributed by atoms with Gasteiger partial charge in [-0.15, -0.1) is 0 Å². The van der Waals surface area contributed by atoms with Crippen LogP contribution in [-0.4, -0.2) is 38.3 Å². The maximum Gasteiger partial charge on any atom is 0.306 e. The molecule has 0 aliphatic carbocycles. The Morgan fingerprint density at radius 1 is 1.58 bits per heavy atom. The van der Waals surface area contributed by atoms with Crippen LogP contribution in [0.15, 0.2) is 0 Å². The van der Waals surface area contributed by atoms with E-state index in [0.29, 0.717) is 18.0 Å². The molecule has 2 atom stereocenters. The highest BCUT2D eigenvalue weighted by molar-refractivity contribution is 6.30. The molecule has 1 aromatic rings. The van der Waals surface area contributed by atoms with Gasteiger partial charge in [0, 0.05) is 25.2 Å². The highest BCUT2D eigenvalue weighted by atomic mass is 35.5. The van der Waals surface area contributed by atoms with Crippen LogP contribution in [0, 0.1) is 12.8 Å². The van der Waals surface area contributed by atoms with E-state index in [9.17, 15) is 4.79 Å². The third kappa shape index (κ3) is 2.92. The molecule has 2 unspecified atom stereocenters. The molecule has 1 aromatic heterocycles. The van der Waals surface area contributed by atoms with E-state index < -0.39 is 5.97 Å². The third-order valence-corrected chi connectivity index (χ3v) is 4.47. The molecular weight excluding hydrogens is 266 g/mol. The predicted molar refractivity (Wildman–Crippen MR) is 73.2 cm³/mol. The summed E-state index contributed by atoms with van der Waals surface area (Å²) in [5, 5.41) is 14.1. The van der Waals surface area contributed by atoms with Gasteiger partial charge in [-0.2, -0.15) is 5.10 Å². The number of nitrogens with zero attached hydrogens (tertiary/aromatic N) is 3. The van der Waals surface area contributed by atoms with Crippen LogP contribution in [0.25, 0.3) is 0 Å². The average molecular weight is 286 g/mol. The third-order valence-electron chi connectivity index (χ3n) is 3.99. The van der Waals surface area contributed by atoms with Gasteiger partial charge in [0.1, 0.15) is 5.15 Å². The van der Waals surface area contributed by atoms with E-state index in [1.807, 2.05) is 14.0 Å². The zero-order valence-corrected chi connectivity index (χ0v) is 12.3. The summed E-state index contributed by atoms with van der Waals surface area (Å²) < 4.78 is 1.68. The first kappa shape index (κ1) is 14.3. The van der Waals surface area contributed by atoms with Gasteiger partial charge in [0.15, 0.2) is 0 Å². The first-order valence-electron chi connectivity index (χ1n) is 6.55. The SMILES string of the molecule is Cc1nn(C)c(Cl)c1CN1CCC(C(=O)O)CC1C. The average Bonchev–Trinajstić information content (AvgIpc) is 2.58. The van der Waals surface area contributed by atoms with Crippen molar-refractivity contribution in [3.05, 3.63) is 16.4 Å².